The predicted octanol–water partition coefficient (Wildman–Crippen LogP) is -0.555. The first kappa shape index (κ1) is 12.4. The molecule has 0 saturated carbocycles. The van der Waals surface area contributed by atoms with E-state index in [1.54, 1.807) is 6.92 Å². The van der Waals surface area contributed by atoms with Gasteiger partial charge in [0.05, 0.1) is 5.92 Å². The molecule has 0 aromatic carbocycles. The largest absolute Gasteiger partial charge is 0.481 e. The van der Waals surface area contributed by atoms with Gasteiger partial charge in [0.1, 0.15) is 0 Å². The third kappa shape index (κ3) is 2.30. The van der Waals surface area contributed by atoms with Gasteiger partial charge in [0.15, 0.2) is 0 Å². The van der Waals surface area contributed by atoms with E-state index >= 15 is 0 Å². The highest BCUT2D eigenvalue weighted by Gasteiger charge is 2.40. The van der Waals surface area contributed by atoms with Crippen molar-refractivity contribution in [2.24, 2.45) is 11.8 Å². The van der Waals surface area contributed by atoms with Crippen LogP contribution in [0, 0.1) is 11.8 Å². The Kier molecular flexibility index (Phi) is 3.37. The number of carboxylic acids is 1. The molecule has 15 heavy (non-hydrogen) atoms. The van der Waals surface area contributed by atoms with Crippen LogP contribution in [0.15, 0.2) is 0 Å². The van der Waals surface area contributed by atoms with Gasteiger partial charge in [-0.3, -0.25) is 4.79 Å². The van der Waals surface area contributed by atoms with Crippen LogP contribution < -0.4 is 0 Å². The smallest absolute Gasteiger partial charge is 0.308 e. The molecule has 0 bridgehead atoms. The number of rotatable bonds is 3. The highest BCUT2D eigenvalue weighted by atomic mass is 32.2. The molecule has 1 saturated heterocycles. The average Bonchev–Trinajstić information content (AvgIpc) is 2.47. The van der Waals surface area contributed by atoms with E-state index in [1.807, 2.05) is 0 Å². The first-order valence-electron chi connectivity index (χ1n) is 4.67. The lowest BCUT2D eigenvalue weighted by molar-refractivity contribution is -0.142. The number of aliphatic carboxylic acids is 1. The molecule has 0 aromatic rings. The molecule has 2 atom stereocenters. The Morgan fingerprint density at radius 1 is 1.40 bits per heavy atom. The van der Waals surface area contributed by atoms with Crippen LogP contribution in [0.2, 0.25) is 0 Å². The predicted molar refractivity (Wildman–Crippen MR) is 54.5 cm³/mol. The highest BCUT2D eigenvalue weighted by Crippen LogP contribution is 2.25. The van der Waals surface area contributed by atoms with Gasteiger partial charge in [0.25, 0.3) is 10.2 Å². The molecule has 1 N–H and O–H groups in total. The molecular formula is C8H16N2O4S. The van der Waals surface area contributed by atoms with Crippen LogP contribution in [0.3, 0.4) is 0 Å². The fourth-order valence-corrected chi connectivity index (χ4v) is 2.90. The SMILES string of the molecule is C[C@@H]1CN(S(=O)(=O)N(C)C)C[C@H]1C(=O)O. The molecule has 1 fully saturated rings. The highest BCUT2D eigenvalue weighted by molar-refractivity contribution is 7.86. The molecule has 1 aliphatic rings. The summed E-state index contributed by atoms with van der Waals surface area (Å²) >= 11 is 0. The topological polar surface area (TPSA) is 77.9 Å². The minimum atomic E-state index is -3.47. The summed E-state index contributed by atoms with van der Waals surface area (Å²) in [6.07, 6.45) is 0. The summed E-state index contributed by atoms with van der Waals surface area (Å²) in [6.45, 7) is 2.10. The summed E-state index contributed by atoms with van der Waals surface area (Å²) < 4.78 is 25.7. The van der Waals surface area contributed by atoms with Crippen molar-refractivity contribution in [1.82, 2.24) is 8.61 Å². The van der Waals surface area contributed by atoms with Crippen LogP contribution in [0.25, 0.3) is 0 Å². The zero-order chi connectivity index (χ0) is 11.8. The lowest BCUT2D eigenvalue weighted by Crippen LogP contribution is -2.39. The Balaban J connectivity index is 2.83. The summed E-state index contributed by atoms with van der Waals surface area (Å²) in [5.41, 5.74) is 0. The van der Waals surface area contributed by atoms with E-state index in [9.17, 15) is 13.2 Å². The Bertz CT molecular complexity index is 352. The monoisotopic (exact) mass is 236 g/mol. The Morgan fingerprint density at radius 2 is 1.93 bits per heavy atom. The molecule has 1 aliphatic heterocycles. The second-order valence-electron chi connectivity index (χ2n) is 4.03. The Morgan fingerprint density at radius 3 is 2.27 bits per heavy atom. The van der Waals surface area contributed by atoms with Crippen LogP contribution in [0.4, 0.5) is 0 Å². The zero-order valence-electron chi connectivity index (χ0n) is 9.04. The summed E-state index contributed by atoms with van der Waals surface area (Å²) in [6, 6.07) is 0. The summed E-state index contributed by atoms with van der Waals surface area (Å²) in [5.74, 6) is -1.67. The lowest BCUT2D eigenvalue weighted by Gasteiger charge is -2.20. The second kappa shape index (κ2) is 4.07. The van der Waals surface area contributed by atoms with Gasteiger partial charge in [-0.25, -0.2) is 0 Å². The second-order valence-corrected chi connectivity index (χ2v) is 6.17. The van der Waals surface area contributed by atoms with E-state index in [0.717, 1.165) is 4.31 Å². The lowest BCUT2D eigenvalue weighted by atomic mass is 9.99. The van der Waals surface area contributed by atoms with Gasteiger partial charge >= 0.3 is 5.97 Å². The fourth-order valence-electron chi connectivity index (χ4n) is 1.66. The molecule has 88 valence electrons. The molecule has 1 rings (SSSR count). The quantitative estimate of drug-likeness (QED) is 0.713. The number of hydrogen-bond acceptors (Lipinski definition) is 3. The molecule has 0 aliphatic carbocycles. The Labute approximate surface area is 89.7 Å². The zero-order valence-corrected chi connectivity index (χ0v) is 9.86. The molecule has 0 unspecified atom stereocenters. The van der Waals surface area contributed by atoms with Crippen LogP contribution in [0.5, 0.6) is 0 Å². The average molecular weight is 236 g/mol. The Hall–Kier alpha value is -0.660. The van der Waals surface area contributed by atoms with E-state index < -0.39 is 22.1 Å². The molecule has 1 heterocycles. The summed E-state index contributed by atoms with van der Waals surface area (Å²) in [7, 11) is -0.595. The van der Waals surface area contributed by atoms with E-state index in [1.165, 1.54) is 18.4 Å². The molecule has 0 aromatic heterocycles. The normalized spacial score (nSPS) is 28.5. The number of carbonyl (C=O) groups is 1. The third-order valence-electron chi connectivity index (χ3n) is 2.68. The summed E-state index contributed by atoms with van der Waals surface area (Å²) in [4.78, 5) is 10.8. The van der Waals surface area contributed by atoms with Gasteiger partial charge in [0.2, 0.25) is 0 Å². The van der Waals surface area contributed by atoms with Crippen molar-refractivity contribution in [3.63, 3.8) is 0 Å². The number of carboxylic acid groups (broad SMARTS) is 1. The van der Waals surface area contributed by atoms with Gasteiger partial charge in [-0.1, -0.05) is 6.92 Å². The summed E-state index contributed by atoms with van der Waals surface area (Å²) in [5, 5.41) is 8.87. The first-order valence-corrected chi connectivity index (χ1v) is 6.07. The van der Waals surface area contributed by atoms with E-state index in [4.69, 9.17) is 5.11 Å². The van der Waals surface area contributed by atoms with Crippen molar-refractivity contribution in [2.45, 2.75) is 6.92 Å². The van der Waals surface area contributed by atoms with E-state index in [0.29, 0.717) is 0 Å². The van der Waals surface area contributed by atoms with Crippen molar-refractivity contribution in [3.05, 3.63) is 0 Å². The molecule has 7 heteroatoms. The molecule has 6 nitrogen and oxygen atoms in total. The van der Waals surface area contributed by atoms with Crippen LogP contribution in [0.1, 0.15) is 6.92 Å². The number of nitrogens with zero attached hydrogens (tertiary/aromatic N) is 2. The minimum Gasteiger partial charge on any atom is -0.481 e. The van der Waals surface area contributed by atoms with Gasteiger partial charge in [-0.15, -0.1) is 0 Å². The van der Waals surface area contributed by atoms with Crippen molar-refractivity contribution in [2.75, 3.05) is 27.2 Å². The van der Waals surface area contributed by atoms with Gasteiger partial charge in [-0.2, -0.15) is 17.0 Å². The molecule has 0 amide bonds. The van der Waals surface area contributed by atoms with Crippen molar-refractivity contribution >= 4 is 16.2 Å². The van der Waals surface area contributed by atoms with E-state index in [2.05, 4.69) is 0 Å². The molecule has 0 spiro atoms. The van der Waals surface area contributed by atoms with Crippen LogP contribution in [-0.4, -0.2) is 55.3 Å². The van der Waals surface area contributed by atoms with Crippen LogP contribution >= 0.6 is 0 Å². The van der Waals surface area contributed by atoms with Gasteiger partial charge in [0, 0.05) is 27.2 Å². The maximum absolute atomic E-state index is 11.7. The van der Waals surface area contributed by atoms with Crippen molar-refractivity contribution in [1.29, 1.82) is 0 Å². The number of hydrogen-bond donors (Lipinski definition) is 1. The third-order valence-corrected chi connectivity index (χ3v) is 4.56. The maximum Gasteiger partial charge on any atom is 0.308 e. The van der Waals surface area contributed by atoms with Crippen molar-refractivity contribution in [3.8, 4) is 0 Å². The van der Waals surface area contributed by atoms with Gasteiger partial charge < -0.3 is 5.11 Å². The first-order chi connectivity index (χ1) is 6.76. The van der Waals surface area contributed by atoms with Crippen LogP contribution in [-0.2, 0) is 15.0 Å². The standard InChI is InChI=1S/C8H16N2O4S/c1-6-4-10(5-7(6)8(11)12)15(13,14)9(2)3/h6-7H,4-5H2,1-3H3,(H,11,12)/t6-,7-/m1/s1. The van der Waals surface area contributed by atoms with Crippen molar-refractivity contribution < 1.29 is 18.3 Å². The molecular weight excluding hydrogens is 220 g/mol. The minimum absolute atomic E-state index is 0.0665. The van der Waals surface area contributed by atoms with Gasteiger partial charge in [-0.05, 0) is 5.92 Å². The molecule has 0 radical (unpaired) electrons. The fraction of sp³-hybridized carbons (Fsp3) is 0.875. The van der Waals surface area contributed by atoms with E-state index in [-0.39, 0.29) is 19.0 Å². The maximum atomic E-state index is 11.7.